The van der Waals surface area contributed by atoms with Crippen LogP contribution >= 0.6 is 18.9 Å². The van der Waals surface area contributed by atoms with Crippen molar-refractivity contribution in [3.63, 3.8) is 0 Å². The highest BCUT2D eigenvalue weighted by Gasteiger charge is 2.39. The lowest BCUT2D eigenvalue weighted by molar-refractivity contribution is -0.0653. The molecule has 1 N–H and O–H groups in total. The van der Waals surface area contributed by atoms with Crippen LogP contribution in [0.2, 0.25) is 0 Å². The maximum absolute atomic E-state index is 9.28. The average molecular weight is 196 g/mol. The van der Waals surface area contributed by atoms with E-state index in [2.05, 4.69) is 18.9 Å². The van der Waals surface area contributed by atoms with Gasteiger partial charge in [-0.3, -0.25) is 0 Å². The van der Waals surface area contributed by atoms with Crippen molar-refractivity contribution in [2.45, 2.75) is 12.5 Å². The highest BCUT2D eigenvalue weighted by Crippen LogP contribution is 2.35. The molecule has 11 heavy (non-hydrogen) atoms. The van der Waals surface area contributed by atoms with Crippen molar-refractivity contribution >= 4 is 18.9 Å². The molecule has 0 radical (unpaired) electrons. The molecule has 1 aliphatic rings. The van der Waals surface area contributed by atoms with Gasteiger partial charge in [-0.05, 0) is 12.3 Å². The topological polar surface area (TPSA) is 38.7 Å². The van der Waals surface area contributed by atoms with E-state index in [-0.39, 0.29) is 12.0 Å². The van der Waals surface area contributed by atoms with Crippen LogP contribution in [-0.2, 0) is 9.05 Å². The van der Waals surface area contributed by atoms with Crippen molar-refractivity contribution in [3.05, 3.63) is 0 Å². The molecule has 5 heteroatoms. The van der Waals surface area contributed by atoms with E-state index in [1.807, 2.05) is 0 Å². The van der Waals surface area contributed by atoms with E-state index in [0.29, 0.717) is 19.1 Å². The Morgan fingerprint density at radius 1 is 1.27 bits per heavy atom. The summed E-state index contributed by atoms with van der Waals surface area (Å²) in [6, 6.07) is 0. The lowest BCUT2D eigenvalue weighted by Crippen LogP contribution is -2.45. The molecule has 0 heterocycles. The summed E-state index contributed by atoms with van der Waals surface area (Å²) in [7, 11) is 4.42. The molecule has 0 bridgehead atoms. The Kier molecular flexibility index (Phi) is 4.19. The van der Waals surface area contributed by atoms with Crippen LogP contribution in [0, 0.1) is 11.8 Å². The quantitative estimate of drug-likeness (QED) is 0.669. The van der Waals surface area contributed by atoms with Crippen LogP contribution in [0.3, 0.4) is 0 Å². The number of hydrogen-bond donors (Lipinski definition) is 1. The summed E-state index contributed by atoms with van der Waals surface area (Å²) in [6.45, 7) is 1.30. The Morgan fingerprint density at radius 3 is 2.36 bits per heavy atom. The summed E-state index contributed by atoms with van der Waals surface area (Å²) in [5, 5.41) is 9.28. The third-order valence-corrected chi connectivity index (χ3v) is 2.63. The second kappa shape index (κ2) is 4.69. The largest absolute Gasteiger partial charge is 0.393 e. The fourth-order valence-electron chi connectivity index (χ4n) is 1.45. The fraction of sp³-hybridized carbons (Fsp3) is 1.00. The Bertz CT molecular complexity index is 120. The summed E-state index contributed by atoms with van der Waals surface area (Å²) in [4.78, 5) is 0. The third kappa shape index (κ3) is 2.34. The molecule has 3 nitrogen and oxygen atoms in total. The summed E-state index contributed by atoms with van der Waals surface area (Å²) in [5.74, 6) is 0.719. The Hall–Kier alpha value is 0.740. The van der Waals surface area contributed by atoms with E-state index < -0.39 is 0 Å². The second-order valence-electron chi connectivity index (χ2n) is 2.89. The molecule has 2 unspecified atom stereocenters. The zero-order chi connectivity index (χ0) is 8.27. The van der Waals surface area contributed by atoms with Crippen LogP contribution in [0.1, 0.15) is 6.42 Å². The van der Waals surface area contributed by atoms with Crippen LogP contribution in [0.4, 0.5) is 0 Å². The standard InChI is InChI=1S/C6H14O3P2/c7-6-1-4(2-8-10)5(6)3-9-11/h4-7H,1-3,10-11H2/t4-,5-,6+/m0/s1. The molecule has 0 amide bonds. The van der Waals surface area contributed by atoms with Gasteiger partial charge in [-0.25, -0.2) is 0 Å². The van der Waals surface area contributed by atoms with E-state index in [0.717, 1.165) is 6.42 Å². The predicted octanol–water partition coefficient (Wildman–Crippen LogP) is 0.597. The van der Waals surface area contributed by atoms with Gasteiger partial charge in [0.25, 0.3) is 0 Å². The monoisotopic (exact) mass is 196 g/mol. The van der Waals surface area contributed by atoms with Crippen LogP contribution in [0.15, 0.2) is 0 Å². The molecule has 0 aliphatic heterocycles. The van der Waals surface area contributed by atoms with Crippen LogP contribution in [-0.4, -0.2) is 24.4 Å². The van der Waals surface area contributed by atoms with E-state index in [1.165, 1.54) is 0 Å². The number of hydrogen-bond acceptors (Lipinski definition) is 3. The minimum Gasteiger partial charge on any atom is -0.393 e. The number of aliphatic hydroxyl groups excluding tert-OH is 1. The number of aliphatic hydroxyl groups is 1. The van der Waals surface area contributed by atoms with Crippen LogP contribution < -0.4 is 0 Å². The minimum absolute atomic E-state index is 0.194. The van der Waals surface area contributed by atoms with Gasteiger partial charge in [-0.15, -0.1) is 0 Å². The summed E-state index contributed by atoms with van der Waals surface area (Å²) < 4.78 is 9.80. The molecule has 0 aromatic heterocycles. The molecule has 1 rings (SSSR count). The maximum atomic E-state index is 9.28. The first-order valence-electron chi connectivity index (χ1n) is 3.61. The molecule has 5 atom stereocenters. The number of rotatable bonds is 4. The lowest BCUT2D eigenvalue weighted by atomic mass is 9.72. The molecular formula is C6H14O3P2. The van der Waals surface area contributed by atoms with E-state index in [4.69, 9.17) is 9.05 Å². The maximum Gasteiger partial charge on any atom is 0.0597 e. The highest BCUT2D eigenvalue weighted by atomic mass is 31.0. The predicted molar refractivity (Wildman–Crippen MR) is 48.9 cm³/mol. The van der Waals surface area contributed by atoms with Crippen LogP contribution in [0.5, 0.6) is 0 Å². The summed E-state index contributed by atoms with van der Waals surface area (Å²) in [5.41, 5.74) is 0. The van der Waals surface area contributed by atoms with E-state index >= 15 is 0 Å². The normalized spacial score (nSPS) is 36.8. The first-order chi connectivity index (χ1) is 5.29. The smallest absolute Gasteiger partial charge is 0.0597 e. The Morgan fingerprint density at radius 2 is 1.91 bits per heavy atom. The second-order valence-corrected chi connectivity index (χ2v) is 3.56. The molecule has 66 valence electrons. The molecule has 0 aromatic carbocycles. The Labute approximate surface area is 71.4 Å². The average Bonchev–Trinajstić information content (AvgIpc) is 2.00. The fourth-order valence-corrected chi connectivity index (χ4v) is 1.92. The van der Waals surface area contributed by atoms with Gasteiger partial charge in [-0.2, -0.15) is 0 Å². The van der Waals surface area contributed by atoms with Crippen LogP contribution in [0.25, 0.3) is 0 Å². The SMILES string of the molecule is O[C@@H]1C[C@@H](COP)[C@@H]1COP. The molecule has 1 saturated carbocycles. The Balaban J connectivity index is 2.23. The molecular weight excluding hydrogens is 182 g/mol. The molecule has 0 aromatic rings. The van der Waals surface area contributed by atoms with E-state index in [1.54, 1.807) is 0 Å². The van der Waals surface area contributed by atoms with Gasteiger partial charge in [0, 0.05) is 24.9 Å². The van der Waals surface area contributed by atoms with Gasteiger partial charge in [0.1, 0.15) is 0 Å². The first-order valence-corrected chi connectivity index (χ1v) is 4.55. The van der Waals surface area contributed by atoms with Gasteiger partial charge >= 0.3 is 0 Å². The molecule has 0 saturated heterocycles. The van der Waals surface area contributed by atoms with Crippen molar-refractivity contribution in [1.82, 2.24) is 0 Å². The van der Waals surface area contributed by atoms with E-state index in [9.17, 15) is 5.11 Å². The molecule has 1 aliphatic carbocycles. The highest BCUT2D eigenvalue weighted by molar-refractivity contribution is 7.10. The van der Waals surface area contributed by atoms with Gasteiger partial charge in [0.15, 0.2) is 0 Å². The van der Waals surface area contributed by atoms with Gasteiger partial charge in [0.2, 0.25) is 0 Å². The zero-order valence-electron chi connectivity index (χ0n) is 6.27. The van der Waals surface area contributed by atoms with Crippen molar-refractivity contribution < 1.29 is 14.2 Å². The van der Waals surface area contributed by atoms with Crippen molar-refractivity contribution in [2.24, 2.45) is 11.8 Å². The first kappa shape index (κ1) is 9.83. The van der Waals surface area contributed by atoms with Gasteiger partial charge < -0.3 is 14.2 Å². The van der Waals surface area contributed by atoms with Gasteiger partial charge in [-0.1, -0.05) is 0 Å². The minimum atomic E-state index is -0.194. The zero-order valence-corrected chi connectivity index (χ0v) is 8.58. The molecule has 0 spiro atoms. The molecule has 1 fully saturated rings. The van der Waals surface area contributed by atoms with Crippen molar-refractivity contribution in [2.75, 3.05) is 13.2 Å². The van der Waals surface area contributed by atoms with Crippen molar-refractivity contribution in [3.8, 4) is 0 Å². The van der Waals surface area contributed by atoms with Gasteiger partial charge in [0.05, 0.1) is 19.3 Å². The lowest BCUT2D eigenvalue weighted by Gasteiger charge is -2.40. The van der Waals surface area contributed by atoms with Crippen molar-refractivity contribution in [1.29, 1.82) is 0 Å². The summed E-state index contributed by atoms with van der Waals surface area (Å²) >= 11 is 0. The third-order valence-electron chi connectivity index (χ3n) is 2.24. The summed E-state index contributed by atoms with van der Waals surface area (Å²) in [6.07, 6.45) is 0.647.